The van der Waals surface area contributed by atoms with E-state index in [0.29, 0.717) is 17.2 Å². The maximum atomic E-state index is 10.9. The van der Waals surface area contributed by atoms with Crippen molar-refractivity contribution in [1.29, 1.82) is 0 Å². The Morgan fingerprint density at radius 2 is 1.69 bits per heavy atom. The topological polar surface area (TPSA) is 75.4 Å². The highest BCUT2D eigenvalue weighted by molar-refractivity contribution is 5.84. The quantitative estimate of drug-likeness (QED) is 0.526. The molecule has 0 aliphatic heterocycles. The molecule has 0 aliphatic carbocycles. The summed E-state index contributed by atoms with van der Waals surface area (Å²) >= 11 is 0. The van der Waals surface area contributed by atoms with Gasteiger partial charge >= 0.3 is 0 Å². The number of nitrogens with zero attached hydrogens (tertiary/aromatic N) is 1. The third-order valence-corrected chi connectivity index (χ3v) is 3.77. The summed E-state index contributed by atoms with van der Waals surface area (Å²) in [5.41, 5.74) is 5.01. The Balaban J connectivity index is 0.000000948. The number of oxazole rings is 1. The van der Waals surface area contributed by atoms with Gasteiger partial charge in [0.15, 0.2) is 5.58 Å². The van der Waals surface area contributed by atoms with E-state index >= 15 is 0 Å². The molecule has 1 heterocycles. The lowest BCUT2D eigenvalue weighted by Gasteiger charge is -2.01. The number of rotatable bonds is 4. The van der Waals surface area contributed by atoms with E-state index in [0.717, 1.165) is 35.7 Å². The second-order valence-electron chi connectivity index (χ2n) is 5.44. The van der Waals surface area contributed by atoms with Crippen molar-refractivity contribution >= 4 is 29.1 Å². The Morgan fingerprint density at radius 1 is 0.923 bits per heavy atom. The number of carbonyl (C=O) groups is 1. The highest BCUT2D eigenvalue weighted by Gasteiger charge is 2.08. The zero-order chi connectivity index (χ0) is 18.4. The lowest BCUT2D eigenvalue weighted by Crippen LogP contribution is -1.88. The van der Waals surface area contributed by atoms with Crippen LogP contribution in [0.2, 0.25) is 0 Å². The molecule has 0 atom stereocenters. The molecule has 130 valence electrons. The number of aldehydes is 1. The lowest BCUT2D eigenvalue weighted by atomic mass is 10.0. The Kier molecular flexibility index (Phi) is 5.41. The standard InChI is InChI=1S/C20H14N2O2.CH4O/c23-13-14-5-4-6-15(11-14)16-9-10-19-18(12-16)22-20(24-19)21-17-7-2-1-3-8-17;1-2/h1-13H,(H,21,22);2H,1H3. The molecule has 4 rings (SSSR count). The first-order chi connectivity index (χ1) is 12.8. The van der Waals surface area contributed by atoms with Crippen LogP contribution in [0.25, 0.3) is 22.2 Å². The summed E-state index contributed by atoms with van der Waals surface area (Å²) in [7, 11) is 1.00. The monoisotopic (exact) mass is 346 g/mol. The lowest BCUT2D eigenvalue weighted by molar-refractivity contribution is 0.112. The second kappa shape index (κ2) is 8.09. The van der Waals surface area contributed by atoms with Gasteiger partial charge in [-0.2, -0.15) is 4.98 Å². The molecular formula is C21H18N2O3. The van der Waals surface area contributed by atoms with Gasteiger partial charge in [-0.3, -0.25) is 4.79 Å². The van der Waals surface area contributed by atoms with Crippen LogP contribution in [0.1, 0.15) is 10.4 Å². The summed E-state index contributed by atoms with van der Waals surface area (Å²) in [6.45, 7) is 0. The number of nitrogens with one attached hydrogen (secondary N) is 1. The summed E-state index contributed by atoms with van der Waals surface area (Å²) < 4.78 is 5.73. The van der Waals surface area contributed by atoms with Crippen LogP contribution in [0.15, 0.2) is 77.2 Å². The van der Waals surface area contributed by atoms with E-state index in [4.69, 9.17) is 9.52 Å². The van der Waals surface area contributed by atoms with Crippen molar-refractivity contribution in [1.82, 2.24) is 4.98 Å². The molecule has 1 aromatic heterocycles. The van der Waals surface area contributed by atoms with Crippen LogP contribution in [0.5, 0.6) is 0 Å². The Morgan fingerprint density at radius 3 is 2.46 bits per heavy atom. The zero-order valence-corrected chi connectivity index (χ0v) is 14.2. The van der Waals surface area contributed by atoms with E-state index in [1.165, 1.54) is 0 Å². The van der Waals surface area contributed by atoms with Gasteiger partial charge in [0.25, 0.3) is 6.01 Å². The van der Waals surface area contributed by atoms with Gasteiger partial charge in [-0.05, 0) is 41.5 Å². The van der Waals surface area contributed by atoms with Gasteiger partial charge in [0.05, 0.1) is 0 Å². The van der Waals surface area contributed by atoms with Crippen LogP contribution in [0.4, 0.5) is 11.7 Å². The fourth-order valence-corrected chi connectivity index (χ4v) is 2.60. The molecule has 0 radical (unpaired) electrons. The minimum absolute atomic E-state index is 0.454. The summed E-state index contributed by atoms with van der Waals surface area (Å²) in [4.78, 5) is 15.4. The molecule has 0 spiro atoms. The van der Waals surface area contributed by atoms with E-state index < -0.39 is 0 Å². The number of aromatic nitrogens is 1. The summed E-state index contributed by atoms with van der Waals surface area (Å²) in [6, 6.07) is 23.5. The summed E-state index contributed by atoms with van der Waals surface area (Å²) in [6.07, 6.45) is 0.847. The maximum absolute atomic E-state index is 10.9. The van der Waals surface area contributed by atoms with E-state index in [1.807, 2.05) is 66.7 Å². The van der Waals surface area contributed by atoms with Gasteiger partial charge in [-0.25, -0.2) is 0 Å². The van der Waals surface area contributed by atoms with E-state index in [-0.39, 0.29) is 0 Å². The molecule has 2 N–H and O–H groups in total. The second-order valence-corrected chi connectivity index (χ2v) is 5.44. The SMILES string of the molecule is CO.O=Cc1cccc(-c2ccc3oc(Nc4ccccc4)nc3c2)c1. The molecule has 0 bridgehead atoms. The zero-order valence-electron chi connectivity index (χ0n) is 14.2. The normalized spacial score (nSPS) is 10.1. The van der Waals surface area contributed by atoms with E-state index in [1.54, 1.807) is 6.07 Å². The number of hydrogen-bond donors (Lipinski definition) is 2. The van der Waals surface area contributed by atoms with Crippen LogP contribution >= 0.6 is 0 Å². The number of aliphatic hydroxyl groups excluding tert-OH is 1. The molecule has 0 saturated heterocycles. The van der Waals surface area contributed by atoms with Crippen molar-refractivity contribution in [2.45, 2.75) is 0 Å². The molecule has 26 heavy (non-hydrogen) atoms. The van der Waals surface area contributed by atoms with Gasteiger partial charge in [0.1, 0.15) is 11.8 Å². The van der Waals surface area contributed by atoms with Crippen LogP contribution in [-0.4, -0.2) is 23.5 Å². The Labute approximate surface area is 150 Å². The van der Waals surface area contributed by atoms with Crippen LogP contribution < -0.4 is 5.32 Å². The fourth-order valence-electron chi connectivity index (χ4n) is 2.60. The molecule has 5 heteroatoms. The van der Waals surface area contributed by atoms with Gasteiger partial charge in [0, 0.05) is 18.4 Å². The Bertz CT molecular complexity index is 1010. The first-order valence-electron chi connectivity index (χ1n) is 8.05. The molecule has 3 aromatic carbocycles. The maximum Gasteiger partial charge on any atom is 0.300 e. The third kappa shape index (κ3) is 3.79. The van der Waals surface area contributed by atoms with Crippen molar-refractivity contribution in [3.8, 4) is 11.1 Å². The number of para-hydroxylation sites is 1. The molecule has 0 aliphatic rings. The van der Waals surface area contributed by atoms with Gasteiger partial charge < -0.3 is 14.8 Å². The molecule has 0 saturated carbocycles. The summed E-state index contributed by atoms with van der Waals surface area (Å²) in [5.74, 6) is 0. The number of benzene rings is 3. The van der Waals surface area contributed by atoms with Gasteiger partial charge in [-0.1, -0.05) is 42.5 Å². The summed E-state index contributed by atoms with van der Waals surface area (Å²) in [5, 5.41) is 10.1. The molecule has 0 fully saturated rings. The van der Waals surface area contributed by atoms with Crippen molar-refractivity contribution < 1.29 is 14.3 Å². The molecule has 4 aromatic rings. The van der Waals surface area contributed by atoms with E-state index in [9.17, 15) is 4.79 Å². The van der Waals surface area contributed by atoms with Crippen molar-refractivity contribution in [3.05, 3.63) is 78.4 Å². The largest absolute Gasteiger partial charge is 0.423 e. The van der Waals surface area contributed by atoms with Crippen LogP contribution in [-0.2, 0) is 0 Å². The first-order valence-corrected chi connectivity index (χ1v) is 8.05. The van der Waals surface area contributed by atoms with Crippen molar-refractivity contribution in [2.75, 3.05) is 12.4 Å². The minimum Gasteiger partial charge on any atom is -0.423 e. The molecule has 0 amide bonds. The molecular weight excluding hydrogens is 328 g/mol. The number of aliphatic hydroxyl groups is 1. The third-order valence-electron chi connectivity index (χ3n) is 3.77. The van der Waals surface area contributed by atoms with Gasteiger partial charge in [-0.15, -0.1) is 0 Å². The van der Waals surface area contributed by atoms with E-state index in [2.05, 4.69) is 10.3 Å². The first kappa shape index (κ1) is 17.4. The molecule has 5 nitrogen and oxygen atoms in total. The number of hydrogen-bond acceptors (Lipinski definition) is 5. The van der Waals surface area contributed by atoms with Crippen LogP contribution in [0.3, 0.4) is 0 Å². The van der Waals surface area contributed by atoms with Crippen molar-refractivity contribution in [2.24, 2.45) is 0 Å². The van der Waals surface area contributed by atoms with Crippen molar-refractivity contribution in [3.63, 3.8) is 0 Å². The predicted molar refractivity (Wildman–Crippen MR) is 103 cm³/mol. The number of fused-ring (bicyclic) bond motifs is 1. The average molecular weight is 346 g/mol. The number of anilines is 2. The highest BCUT2D eigenvalue weighted by Crippen LogP contribution is 2.27. The average Bonchev–Trinajstić information content (AvgIpc) is 3.11. The highest BCUT2D eigenvalue weighted by atomic mass is 16.4. The minimum atomic E-state index is 0.454. The Hall–Kier alpha value is -3.44. The fraction of sp³-hybridized carbons (Fsp3) is 0.0476. The molecule has 0 unspecified atom stereocenters. The smallest absolute Gasteiger partial charge is 0.300 e. The predicted octanol–water partition coefficient (Wildman–Crippen LogP) is 4.66. The van der Waals surface area contributed by atoms with Crippen LogP contribution in [0, 0.1) is 0 Å². The van der Waals surface area contributed by atoms with Gasteiger partial charge in [0.2, 0.25) is 0 Å². The number of carbonyl (C=O) groups excluding carboxylic acids is 1.